The van der Waals surface area contributed by atoms with Crippen molar-refractivity contribution in [2.45, 2.75) is 52.0 Å². The molecule has 0 N–H and O–H groups in total. The van der Waals surface area contributed by atoms with Crippen molar-refractivity contribution in [3.8, 4) is 0 Å². The first-order valence-corrected chi connectivity index (χ1v) is 10.0. The molecular formula is C21H28N4O2. The van der Waals surface area contributed by atoms with Gasteiger partial charge in [0.05, 0.1) is 5.69 Å². The molecular weight excluding hydrogens is 340 g/mol. The Morgan fingerprint density at radius 1 is 1.11 bits per heavy atom. The fourth-order valence-electron chi connectivity index (χ4n) is 4.36. The van der Waals surface area contributed by atoms with Crippen molar-refractivity contribution in [2.75, 3.05) is 31.2 Å². The lowest BCUT2D eigenvalue weighted by Crippen LogP contribution is -2.42. The largest absolute Gasteiger partial charge is 0.336 e. The Hall–Kier alpha value is -2.21. The smallest absolute Gasteiger partial charge is 0.270 e. The van der Waals surface area contributed by atoms with E-state index in [2.05, 4.69) is 10.0 Å². The van der Waals surface area contributed by atoms with Crippen LogP contribution >= 0.6 is 0 Å². The van der Waals surface area contributed by atoms with E-state index in [-0.39, 0.29) is 11.8 Å². The van der Waals surface area contributed by atoms with Gasteiger partial charge in [0.15, 0.2) is 0 Å². The standard InChI is InChI=1S/C21H28N4O2/c1-15-5-6-16(2)19(13-15)25-20(26)8-7-18(22-25)21(27)24-12-9-17(14-24)23-10-3-4-11-23/h5-6,13,17H,3-4,7-12,14H2,1-2H3. The van der Waals surface area contributed by atoms with Crippen LogP contribution in [0.3, 0.4) is 0 Å². The van der Waals surface area contributed by atoms with Crippen molar-refractivity contribution >= 4 is 23.2 Å². The molecule has 6 nitrogen and oxygen atoms in total. The van der Waals surface area contributed by atoms with Crippen LogP contribution in [0.4, 0.5) is 5.69 Å². The number of hydrogen-bond acceptors (Lipinski definition) is 4. The molecule has 1 atom stereocenters. The van der Waals surface area contributed by atoms with Crippen LogP contribution in [0.25, 0.3) is 0 Å². The summed E-state index contributed by atoms with van der Waals surface area (Å²) in [6, 6.07) is 6.46. The third-order valence-electron chi connectivity index (χ3n) is 5.98. The Bertz CT molecular complexity index is 782. The number of carbonyl (C=O) groups excluding carboxylic acids is 2. The third kappa shape index (κ3) is 3.63. The molecule has 3 aliphatic rings. The maximum atomic E-state index is 13.0. The summed E-state index contributed by atoms with van der Waals surface area (Å²) in [5.41, 5.74) is 3.35. The molecule has 0 saturated carbocycles. The first-order valence-electron chi connectivity index (χ1n) is 10.0. The summed E-state index contributed by atoms with van der Waals surface area (Å²) in [5.74, 6) is -0.0453. The zero-order valence-corrected chi connectivity index (χ0v) is 16.3. The molecule has 2 saturated heterocycles. The maximum Gasteiger partial charge on any atom is 0.270 e. The molecule has 27 heavy (non-hydrogen) atoms. The average Bonchev–Trinajstić information content (AvgIpc) is 3.35. The maximum absolute atomic E-state index is 13.0. The fraction of sp³-hybridized carbons (Fsp3) is 0.571. The molecule has 0 aliphatic carbocycles. The monoisotopic (exact) mass is 368 g/mol. The molecule has 0 aromatic heterocycles. The van der Waals surface area contributed by atoms with Gasteiger partial charge in [-0.2, -0.15) is 5.10 Å². The summed E-state index contributed by atoms with van der Waals surface area (Å²) in [5, 5.41) is 5.94. The van der Waals surface area contributed by atoms with Crippen LogP contribution in [0, 0.1) is 13.8 Å². The number of likely N-dealkylation sites (tertiary alicyclic amines) is 2. The van der Waals surface area contributed by atoms with E-state index >= 15 is 0 Å². The predicted octanol–water partition coefficient (Wildman–Crippen LogP) is 2.48. The lowest BCUT2D eigenvalue weighted by molar-refractivity contribution is -0.123. The Morgan fingerprint density at radius 2 is 1.89 bits per heavy atom. The van der Waals surface area contributed by atoms with Crippen LogP contribution in [0.2, 0.25) is 0 Å². The van der Waals surface area contributed by atoms with Crippen LogP contribution in [0.5, 0.6) is 0 Å². The number of nitrogens with zero attached hydrogens (tertiary/aromatic N) is 4. The van der Waals surface area contributed by atoms with Crippen LogP contribution in [-0.4, -0.2) is 59.5 Å². The Morgan fingerprint density at radius 3 is 2.67 bits per heavy atom. The van der Waals surface area contributed by atoms with Crippen LogP contribution in [0.15, 0.2) is 23.3 Å². The first-order chi connectivity index (χ1) is 13.0. The minimum atomic E-state index is -0.0448. The highest BCUT2D eigenvalue weighted by Crippen LogP contribution is 2.27. The highest BCUT2D eigenvalue weighted by molar-refractivity contribution is 6.40. The number of rotatable bonds is 3. The summed E-state index contributed by atoms with van der Waals surface area (Å²) in [6.07, 6.45) is 4.35. The SMILES string of the molecule is Cc1ccc(C)c(N2N=C(C(=O)N3CCC(N4CCCC4)C3)CCC2=O)c1. The Balaban J connectivity index is 1.51. The van der Waals surface area contributed by atoms with Crippen molar-refractivity contribution in [2.24, 2.45) is 5.10 Å². The summed E-state index contributed by atoms with van der Waals surface area (Å²) < 4.78 is 0. The van der Waals surface area contributed by atoms with Gasteiger partial charge in [-0.3, -0.25) is 14.5 Å². The molecule has 144 valence electrons. The zero-order chi connectivity index (χ0) is 19.0. The van der Waals surface area contributed by atoms with Crippen molar-refractivity contribution < 1.29 is 9.59 Å². The minimum Gasteiger partial charge on any atom is -0.336 e. The van der Waals surface area contributed by atoms with E-state index in [4.69, 9.17) is 0 Å². The van der Waals surface area contributed by atoms with E-state index in [0.717, 1.165) is 49.4 Å². The van der Waals surface area contributed by atoms with Gasteiger partial charge < -0.3 is 4.90 Å². The van der Waals surface area contributed by atoms with Crippen molar-refractivity contribution in [3.05, 3.63) is 29.3 Å². The van der Waals surface area contributed by atoms with Crippen molar-refractivity contribution in [3.63, 3.8) is 0 Å². The number of hydrazone groups is 1. The van der Waals surface area contributed by atoms with E-state index in [0.29, 0.717) is 24.6 Å². The van der Waals surface area contributed by atoms with Gasteiger partial charge in [-0.05, 0) is 63.4 Å². The molecule has 6 heteroatoms. The lowest BCUT2D eigenvalue weighted by Gasteiger charge is -2.27. The van der Waals surface area contributed by atoms with E-state index < -0.39 is 0 Å². The van der Waals surface area contributed by atoms with Crippen molar-refractivity contribution in [1.82, 2.24) is 9.80 Å². The highest BCUT2D eigenvalue weighted by Gasteiger charge is 2.35. The number of hydrogen-bond donors (Lipinski definition) is 0. The number of benzene rings is 1. The lowest BCUT2D eigenvalue weighted by atomic mass is 10.1. The molecule has 1 unspecified atom stereocenters. The summed E-state index contributed by atoms with van der Waals surface area (Å²) in [6.45, 7) is 7.85. The predicted molar refractivity (Wildman–Crippen MR) is 106 cm³/mol. The summed E-state index contributed by atoms with van der Waals surface area (Å²) in [4.78, 5) is 29.9. The molecule has 0 radical (unpaired) electrons. The second-order valence-electron chi connectivity index (χ2n) is 7.98. The zero-order valence-electron chi connectivity index (χ0n) is 16.3. The molecule has 0 bridgehead atoms. The Labute approximate surface area is 160 Å². The molecule has 3 aliphatic heterocycles. The minimum absolute atomic E-state index is 0.000460. The second kappa shape index (κ2) is 7.43. The van der Waals surface area contributed by atoms with Gasteiger partial charge >= 0.3 is 0 Å². The molecule has 1 aromatic carbocycles. The van der Waals surface area contributed by atoms with Gasteiger partial charge in [0, 0.05) is 32.0 Å². The van der Waals surface area contributed by atoms with Gasteiger partial charge in [-0.15, -0.1) is 0 Å². The van der Waals surface area contributed by atoms with E-state index in [1.807, 2.05) is 36.9 Å². The second-order valence-corrected chi connectivity index (χ2v) is 7.98. The number of anilines is 1. The number of amides is 2. The van der Waals surface area contributed by atoms with Gasteiger partial charge in [0.1, 0.15) is 5.71 Å². The van der Waals surface area contributed by atoms with Crippen LogP contribution in [-0.2, 0) is 9.59 Å². The first kappa shape index (κ1) is 18.2. The highest BCUT2D eigenvalue weighted by atomic mass is 16.2. The summed E-state index contributed by atoms with van der Waals surface area (Å²) >= 11 is 0. The normalized spacial score (nSPS) is 23.9. The van der Waals surface area contributed by atoms with Crippen LogP contribution in [0.1, 0.15) is 43.2 Å². The summed E-state index contributed by atoms with van der Waals surface area (Å²) in [7, 11) is 0. The van der Waals surface area contributed by atoms with E-state index in [9.17, 15) is 9.59 Å². The molecule has 2 fully saturated rings. The molecule has 3 heterocycles. The number of carbonyl (C=O) groups is 2. The van der Waals surface area contributed by atoms with Crippen LogP contribution < -0.4 is 5.01 Å². The molecule has 4 rings (SSSR count). The van der Waals surface area contributed by atoms with E-state index in [1.165, 1.54) is 17.9 Å². The van der Waals surface area contributed by atoms with Gasteiger partial charge in [-0.1, -0.05) is 12.1 Å². The average molecular weight is 368 g/mol. The Kier molecular flexibility index (Phi) is 5.00. The van der Waals surface area contributed by atoms with Gasteiger partial charge in [-0.25, -0.2) is 5.01 Å². The topological polar surface area (TPSA) is 56.2 Å². The molecule has 2 amide bonds. The third-order valence-corrected chi connectivity index (χ3v) is 5.98. The van der Waals surface area contributed by atoms with Gasteiger partial charge in [0.25, 0.3) is 5.91 Å². The van der Waals surface area contributed by atoms with E-state index in [1.54, 1.807) is 0 Å². The molecule has 0 spiro atoms. The fourth-order valence-corrected chi connectivity index (χ4v) is 4.36. The van der Waals surface area contributed by atoms with Gasteiger partial charge in [0.2, 0.25) is 5.91 Å². The van der Waals surface area contributed by atoms with Crippen molar-refractivity contribution in [1.29, 1.82) is 0 Å². The number of aryl methyl sites for hydroxylation is 2. The molecule has 1 aromatic rings. The quantitative estimate of drug-likeness (QED) is 0.824.